The lowest BCUT2D eigenvalue weighted by molar-refractivity contribution is 0.792. The molecule has 0 bridgehead atoms. The molecule has 2 nitrogen and oxygen atoms in total. The van der Waals surface area contributed by atoms with E-state index in [2.05, 4.69) is 11.4 Å². The van der Waals surface area contributed by atoms with Gasteiger partial charge in [0.1, 0.15) is 0 Å². The summed E-state index contributed by atoms with van der Waals surface area (Å²) in [6.07, 6.45) is 1.04. The van der Waals surface area contributed by atoms with Crippen LogP contribution in [0.25, 0.3) is 0 Å². The topological polar surface area (TPSA) is 38.0 Å². The summed E-state index contributed by atoms with van der Waals surface area (Å²) in [6, 6.07) is 7.99. The quantitative estimate of drug-likeness (QED) is 0.699. The Balaban J connectivity index is 0.000000671. The van der Waals surface area contributed by atoms with E-state index in [0.29, 0.717) is 0 Å². The highest BCUT2D eigenvalue weighted by Gasteiger charge is 1.90. The van der Waals surface area contributed by atoms with Crippen LogP contribution in [0.3, 0.4) is 0 Å². The van der Waals surface area contributed by atoms with Gasteiger partial charge < -0.3 is 11.1 Å². The SMILES string of the molecule is CC.CNCCc1cccc(N)c1. The van der Waals surface area contributed by atoms with Crippen LogP contribution in [-0.2, 0) is 6.42 Å². The molecule has 0 aliphatic rings. The highest BCUT2D eigenvalue weighted by molar-refractivity contribution is 5.40. The van der Waals surface area contributed by atoms with Crippen molar-refractivity contribution in [3.63, 3.8) is 0 Å². The number of rotatable bonds is 3. The van der Waals surface area contributed by atoms with Crippen molar-refractivity contribution in [3.05, 3.63) is 29.8 Å². The molecule has 0 saturated carbocycles. The van der Waals surface area contributed by atoms with E-state index < -0.39 is 0 Å². The van der Waals surface area contributed by atoms with E-state index in [9.17, 15) is 0 Å². The average molecular weight is 180 g/mol. The summed E-state index contributed by atoms with van der Waals surface area (Å²) < 4.78 is 0. The van der Waals surface area contributed by atoms with Crippen molar-refractivity contribution in [1.29, 1.82) is 0 Å². The van der Waals surface area contributed by atoms with E-state index in [-0.39, 0.29) is 0 Å². The third kappa shape index (κ3) is 5.26. The molecule has 0 saturated heterocycles. The first-order valence-corrected chi connectivity index (χ1v) is 4.82. The van der Waals surface area contributed by atoms with Crippen molar-refractivity contribution < 1.29 is 0 Å². The number of likely N-dealkylation sites (N-methyl/N-ethyl adjacent to an activating group) is 1. The summed E-state index contributed by atoms with van der Waals surface area (Å²) in [6.45, 7) is 5.00. The number of anilines is 1. The summed E-state index contributed by atoms with van der Waals surface area (Å²) >= 11 is 0. The summed E-state index contributed by atoms with van der Waals surface area (Å²) in [5, 5.41) is 3.09. The molecule has 0 unspecified atom stereocenters. The van der Waals surface area contributed by atoms with Crippen LogP contribution in [0.2, 0.25) is 0 Å². The first kappa shape index (κ1) is 12.0. The van der Waals surface area contributed by atoms with Gasteiger partial charge in [-0.1, -0.05) is 26.0 Å². The van der Waals surface area contributed by atoms with E-state index in [4.69, 9.17) is 5.73 Å². The minimum atomic E-state index is 0.846. The number of nitrogens with one attached hydrogen (secondary N) is 1. The Kier molecular flexibility index (Phi) is 7.02. The van der Waals surface area contributed by atoms with E-state index >= 15 is 0 Å². The summed E-state index contributed by atoms with van der Waals surface area (Å²) in [4.78, 5) is 0. The van der Waals surface area contributed by atoms with Gasteiger partial charge in [0.05, 0.1) is 0 Å². The van der Waals surface area contributed by atoms with Gasteiger partial charge in [0.15, 0.2) is 0 Å². The second kappa shape index (κ2) is 7.62. The smallest absolute Gasteiger partial charge is 0.0316 e. The summed E-state index contributed by atoms with van der Waals surface area (Å²) in [5.74, 6) is 0. The number of benzene rings is 1. The summed E-state index contributed by atoms with van der Waals surface area (Å²) in [7, 11) is 1.95. The molecule has 13 heavy (non-hydrogen) atoms. The minimum absolute atomic E-state index is 0.846. The van der Waals surface area contributed by atoms with Gasteiger partial charge in [0.25, 0.3) is 0 Å². The third-order valence-electron chi connectivity index (χ3n) is 1.61. The van der Waals surface area contributed by atoms with Gasteiger partial charge in [-0.05, 0) is 37.7 Å². The van der Waals surface area contributed by atoms with Crippen LogP contribution in [0.1, 0.15) is 19.4 Å². The van der Waals surface area contributed by atoms with Gasteiger partial charge in [-0.25, -0.2) is 0 Å². The Morgan fingerprint density at radius 3 is 2.54 bits per heavy atom. The second-order valence-electron chi connectivity index (χ2n) is 2.60. The molecule has 74 valence electrons. The zero-order valence-corrected chi connectivity index (χ0v) is 8.80. The van der Waals surface area contributed by atoms with Crippen molar-refractivity contribution in [2.24, 2.45) is 0 Å². The van der Waals surface area contributed by atoms with Crippen molar-refractivity contribution in [2.75, 3.05) is 19.3 Å². The Hall–Kier alpha value is -1.02. The lowest BCUT2D eigenvalue weighted by Gasteiger charge is -2.00. The molecule has 1 aromatic rings. The Bertz CT molecular complexity index is 221. The maximum absolute atomic E-state index is 5.61. The molecule has 0 fully saturated rings. The molecule has 0 amide bonds. The Morgan fingerprint density at radius 2 is 2.00 bits per heavy atom. The zero-order chi connectivity index (χ0) is 10.1. The molecule has 0 aliphatic carbocycles. The first-order valence-electron chi connectivity index (χ1n) is 4.82. The fraction of sp³-hybridized carbons (Fsp3) is 0.455. The zero-order valence-electron chi connectivity index (χ0n) is 8.80. The normalized spacial score (nSPS) is 8.85. The lowest BCUT2D eigenvalue weighted by atomic mass is 10.1. The van der Waals surface area contributed by atoms with Gasteiger partial charge in [0, 0.05) is 5.69 Å². The van der Waals surface area contributed by atoms with Crippen molar-refractivity contribution in [1.82, 2.24) is 5.32 Å². The fourth-order valence-electron chi connectivity index (χ4n) is 1.02. The monoisotopic (exact) mass is 180 g/mol. The maximum Gasteiger partial charge on any atom is 0.0316 e. The fourth-order valence-corrected chi connectivity index (χ4v) is 1.02. The van der Waals surface area contributed by atoms with Crippen molar-refractivity contribution >= 4 is 5.69 Å². The van der Waals surface area contributed by atoms with E-state index in [1.54, 1.807) is 0 Å². The van der Waals surface area contributed by atoms with Crippen LogP contribution < -0.4 is 11.1 Å². The number of hydrogen-bond acceptors (Lipinski definition) is 2. The largest absolute Gasteiger partial charge is 0.399 e. The van der Waals surface area contributed by atoms with Gasteiger partial charge in [-0.15, -0.1) is 0 Å². The van der Waals surface area contributed by atoms with Gasteiger partial charge in [-0.2, -0.15) is 0 Å². The van der Waals surface area contributed by atoms with Crippen LogP contribution in [0, 0.1) is 0 Å². The van der Waals surface area contributed by atoms with Crippen LogP contribution in [0.15, 0.2) is 24.3 Å². The van der Waals surface area contributed by atoms with Crippen molar-refractivity contribution in [2.45, 2.75) is 20.3 Å². The van der Waals surface area contributed by atoms with Gasteiger partial charge >= 0.3 is 0 Å². The van der Waals surface area contributed by atoms with Crippen molar-refractivity contribution in [3.8, 4) is 0 Å². The molecule has 1 rings (SSSR count). The lowest BCUT2D eigenvalue weighted by Crippen LogP contribution is -2.10. The Labute approximate surface area is 81.2 Å². The number of nitrogens with two attached hydrogens (primary N) is 1. The van der Waals surface area contributed by atoms with E-state index in [1.165, 1.54) is 5.56 Å². The maximum atomic E-state index is 5.61. The van der Waals surface area contributed by atoms with Gasteiger partial charge in [-0.3, -0.25) is 0 Å². The second-order valence-corrected chi connectivity index (χ2v) is 2.60. The van der Waals surface area contributed by atoms with E-state index in [0.717, 1.165) is 18.7 Å². The third-order valence-corrected chi connectivity index (χ3v) is 1.61. The van der Waals surface area contributed by atoms with E-state index in [1.807, 2.05) is 39.1 Å². The molecule has 2 heteroatoms. The molecule has 3 N–H and O–H groups in total. The molecule has 0 spiro atoms. The average Bonchev–Trinajstić information content (AvgIpc) is 2.18. The molecular formula is C11H20N2. The molecule has 1 aromatic carbocycles. The van der Waals surface area contributed by atoms with Crippen LogP contribution in [-0.4, -0.2) is 13.6 Å². The van der Waals surface area contributed by atoms with Crippen LogP contribution in [0.4, 0.5) is 5.69 Å². The Morgan fingerprint density at radius 1 is 1.31 bits per heavy atom. The van der Waals surface area contributed by atoms with Gasteiger partial charge in [0.2, 0.25) is 0 Å². The molecule has 0 radical (unpaired) electrons. The molecule has 0 aromatic heterocycles. The number of hydrogen-bond donors (Lipinski definition) is 2. The molecule has 0 aliphatic heterocycles. The standard InChI is InChI=1S/C9H14N2.C2H6/c1-11-6-5-8-3-2-4-9(10)7-8;1-2/h2-4,7,11H,5-6,10H2,1H3;1-2H3. The number of nitrogen functional groups attached to an aromatic ring is 1. The molecule has 0 atom stereocenters. The first-order chi connectivity index (χ1) is 6.33. The van der Waals surface area contributed by atoms with Crippen LogP contribution >= 0.6 is 0 Å². The molecule has 0 heterocycles. The predicted molar refractivity (Wildman–Crippen MR) is 59.8 cm³/mol. The highest BCUT2D eigenvalue weighted by atomic mass is 14.8. The van der Waals surface area contributed by atoms with Crippen LogP contribution in [0.5, 0.6) is 0 Å². The highest BCUT2D eigenvalue weighted by Crippen LogP contribution is 2.06. The molecular weight excluding hydrogens is 160 g/mol. The minimum Gasteiger partial charge on any atom is -0.399 e. The predicted octanol–water partition coefficient (Wildman–Crippen LogP) is 2.06. The summed E-state index contributed by atoms with van der Waals surface area (Å²) in [5.41, 5.74) is 7.75.